The predicted molar refractivity (Wildman–Crippen MR) is 142 cm³/mol. The van der Waals surface area contributed by atoms with E-state index in [-0.39, 0.29) is 12.1 Å². The van der Waals surface area contributed by atoms with E-state index in [9.17, 15) is 9.47 Å². The molecule has 186 valence electrons. The van der Waals surface area contributed by atoms with E-state index >= 15 is 0 Å². The van der Waals surface area contributed by atoms with Gasteiger partial charge in [-0.3, -0.25) is 0 Å². The molecule has 35 heavy (non-hydrogen) atoms. The Hall–Kier alpha value is -2.64. The number of nitrogens with zero attached hydrogens (tertiary/aromatic N) is 3. The van der Waals surface area contributed by atoms with Gasteiger partial charge in [-0.2, -0.15) is 5.26 Å². The van der Waals surface area contributed by atoms with E-state index in [0.29, 0.717) is 23.7 Å². The molecule has 0 saturated heterocycles. The minimum atomic E-state index is -1.14. The first-order valence-electron chi connectivity index (χ1n) is 11.8. The van der Waals surface area contributed by atoms with Gasteiger partial charge in [-0.05, 0) is 56.0 Å². The van der Waals surface area contributed by atoms with Crippen LogP contribution in [-0.2, 0) is 22.1 Å². The van der Waals surface area contributed by atoms with Crippen LogP contribution in [0.3, 0.4) is 0 Å². The standard InChI is InChI=1S/C24H26N4O3S2.C2H6/c1-15(2)31-22-10-7-16(13-17(22)14-25)23-26-27-24(32-23)20-6-4-5-19-18(20)8-9-21(19)28-33(29)12-11-30-3;1-2/h4-7,10,13,15,21,28H,8-9,11-12H2,1-3H3;1-2H3. The van der Waals surface area contributed by atoms with Crippen molar-refractivity contribution in [3.05, 3.63) is 53.1 Å². The first-order chi connectivity index (χ1) is 17.0. The third-order valence-electron chi connectivity index (χ3n) is 5.38. The highest BCUT2D eigenvalue weighted by Crippen LogP contribution is 2.40. The number of fused-ring (bicyclic) bond motifs is 1. The Labute approximate surface area is 214 Å². The van der Waals surface area contributed by atoms with E-state index in [2.05, 4.69) is 33.1 Å². The zero-order chi connectivity index (χ0) is 25.4. The lowest BCUT2D eigenvalue weighted by Crippen LogP contribution is -2.25. The van der Waals surface area contributed by atoms with E-state index in [1.807, 2.05) is 45.9 Å². The zero-order valence-corrected chi connectivity index (χ0v) is 22.5. The molecule has 0 spiro atoms. The van der Waals surface area contributed by atoms with Gasteiger partial charge in [-0.15, -0.1) is 10.2 Å². The van der Waals surface area contributed by atoms with Gasteiger partial charge in [0, 0.05) is 24.3 Å². The maximum absolute atomic E-state index is 12.3. The number of benzene rings is 2. The molecule has 1 aliphatic carbocycles. The Morgan fingerprint density at radius 3 is 2.71 bits per heavy atom. The van der Waals surface area contributed by atoms with Crippen LogP contribution in [0, 0.1) is 11.3 Å². The molecule has 1 heterocycles. The van der Waals surface area contributed by atoms with Crippen molar-refractivity contribution in [3.63, 3.8) is 0 Å². The smallest absolute Gasteiger partial charge is 0.148 e. The molecular weight excluding hydrogens is 480 g/mol. The molecule has 0 amide bonds. The van der Waals surface area contributed by atoms with Gasteiger partial charge in [-0.25, -0.2) is 8.93 Å². The fourth-order valence-electron chi connectivity index (χ4n) is 3.91. The molecule has 2 unspecified atom stereocenters. The molecule has 1 N–H and O–H groups in total. The number of hydrogen-bond donors (Lipinski definition) is 1. The summed E-state index contributed by atoms with van der Waals surface area (Å²) in [5.74, 6) is 1.04. The summed E-state index contributed by atoms with van der Waals surface area (Å²) in [6, 6.07) is 13.9. The highest BCUT2D eigenvalue weighted by molar-refractivity contribution is 7.83. The molecule has 4 rings (SSSR count). The summed E-state index contributed by atoms with van der Waals surface area (Å²) in [5.41, 5.74) is 4.77. The average Bonchev–Trinajstić information content (AvgIpc) is 3.52. The zero-order valence-electron chi connectivity index (χ0n) is 20.8. The van der Waals surface area contributed by atoms with Crippen LogP contribution >= 0.6 is 11.3 Å². The van der Waals surface area contributed by atoms with Crippen LogP contribution in [0.5, 0.6) is 5.75 Å². The Bertz CT molecular complexity index is 1200. The summed E-state index contributed by atoms with van der Waals surface area (Å²) in [7, 11) is 0.476. The third-order valence-corrected chi connectivity index (χ3v) is 7.47. The number of rotatable bonds is 9. The Kier molecular flexibility index (Phi) is 9.93. The first-order valence-corrected chi connectivity index (χ1v) is 13.9. The SMILES string of the molecule is CC.COCCS(=O)NC1CCc2c(-c3nnc(-c4ccc(OC(C)C)c(C#N)c4)s3)cccc21. The number of methoxy groups -OCH3 is 1. The molecule has 0 saturated carbocycles. The number of nitriles is 1. The van der Waals surface area contributed by atoms with Crippen molar-refractivity contribution in [1.82, 2.24) is 14.9 Å². The van der Waals surface area contributed by atoms with Crippen LogP contribution in [0.25, 0.3) is 21.1 Å². The van der Waals surface area contributed by atoms with Gasteiger partial charge in [0.25, 0.3) is 0 Å². The van der Waals surface area contributed by atoms with Crippen molar-refractivity contribution in [3.8, 4) is 33.0 Å². The summed E-state index contributed by atoms with van der Waals surface area (Å²) in [6.07, 6.45) is 1.77. The van der Waals surface area contributed by atoms with Gasteiger partial charge < -0.3 is 9.47 Å². The Morgan fingerprint density at radius 1 is 1.23 bits per heavy atom. The molecular formula is C26H32N4O3S2. The maximum atomic E-state index is 12.3. The van der Waals surface area contributed by atoms with Crippen LogP contribution in [-0.4, -0.2) is 40.0 Å². The molecule has 7 nitrogen and oxygen atoms in total. The number of hydrogen-bond acceptors (Lipinski definition) is 7. The normalized spacial score (nSPS) is 15.2. The summed E-state index contributed by atoms with van der Waals surface area (Å²) in [5, 5.41) is 20.0. The number of ether oxygens (including phenoxy) is 2. The van der Waals surface area contributed by atoms with Gasteiger partial charge in [0.05, 0.1) is 35.0 Å². The molecule has 2 atom stereocenters. The van der Waals surface area contributed by atoms with Gasteiger partial charge >= 0.3 is 0 Å². The van der Waals surface area contributed by atoms with E-state index in [4.69, 9.17) is 9.47 Å². The predicted octanol–water partition coefficient (Wildman–Crippen LogP) is 5.44. The monoisotopic (exact) mass is 512 g/mol. The van der Waals surface area contributed by atoms with Crippen molar-refractivity contribution in [1.29, 1.82) is 5.26 Å². The number of aromatic nitrogens is 2. The van der Waals surface area contributed by atoms with Crippen LogP contribution in [0.1, 0.15) is 56.8 Å². The van der Waals surface area contributed by atoms with Gasteiger partial charge in [0.1, 0.15) is 21.8 Å². The molecule has 1 aliphatic rings. The van der Waals surface area contributed by atoms with Gasteiger partial charge in [-0.1, -0.05) is 43.4 Å². The van der Waals surface area contributed by atoms with Crippen molar-refractivity contribution in [2.75, 3.05) is 19.5 Å². The van der Waals surface area contributed by atoms with Gasteiger partial charge in [0.15, 0.2) is 0 Å². The van der Waals surface area contributed by atoms with Crippen LogP contribution in [0.15, 0.2) is 36.4 Å². The highest BCUT2D eigenvalue weighted by Gasteiger charge is 2.27. The summed E-state index contributed by atoms with van der Waals surface area (Å²) < 4.78 is 26.3. The van der Waals surface area contributed by atoms with E-state index < -0.39 is 11.0 Å². The fourth-order valence-corrected chi connectivity index (χ4v) is 5.80. The van der Waals surface area contributed by atoms with Crippen molar-refractivity contribution in [2.24, 2.45) is 0 Å². The lowest BCUT2D eigenvalue weighted by molar-refractivity contribution is 0.217. The summed E-state index contributed by atoms with van der Waals surface area (Å²) in [4.78, 5) is 0. The van der Waals surface area contributed by atoms with Crippen LogP contribution < -0.4 is 9.46 Å². The molecule has 0 radical (unpaired) electrons. The van der Waals surface area contributed by atoms with Crippen molar-refractivity contribution < 1.29 is 13.7 Å². The van der Waals surface area contributed by atoms with Crippen molar-refractivity contribution >= 4 is 22.3 Å². The molecule has 0 aliphatic heterocycles. The average molecular weight is 513 g/mol. The lowest BCUT2D eigenvalue weighted by atomic mass is 10.0. The fraction of sp³-hybridized carbons (Fsp3) is 0.423. The van der Waals surface area contributed by atoms with Crippen molar-refractivity contribution in [2.45, 2.75) is 52.7 Å². The lowest BCUT2D eigenvalue weighted by Gasteiger charge is -2.14. The molecule has 3 aromatic rings. The third kappa shape index (κ3) is 6.53. The minimum absolute atomic E-state index is 0.00743. The minimum Gasteiger partial charge on any atom is -0.490 e. The number of nitrogens with one attached hydrogen (secondary N) is 1. The summed E-state index contributed by atoms with van der Waals surface area (Å²) >= 11 is 1.50. The molecule has 0 fully saturated rings. The second kappa shape index (κ2) is 12.9. The Morgan fingerprint density at radius 2 is 2.00 bits per heavy atom. The molecule has 0 bridgehead atoms. The van der Waals surface area contributed by atoms with E-state index in [1.54, 1.807) is 13.2 Å². The molecule has 9 heteroatoms. The molecule has 2 aromatic carbocycles. The second-order valence-corrected chi connectivity index (χ2v) is 10.3. The first kappa shape index (κ1) is 27.0. The Balaban J connectivity index is 0.00000167. The quantitative estimate of drug-likeness (QED) is 0.410. The van der Waals surface area contributed by atoms with Crippen LogP contribution in [0.2, 0.25) is 0 Å². The van der Waals surface area contributed by atoms with E-state index in [0.717, 1.165) is 39.5 Å². The largest absolute Gasteiger partial charge is 0.490 e. The second-order valence-electron chi connectivity index (χ2n) is 8.03. The summed E-state index contributed by atoms with van der Waals surface area (Å²) in [6.45, 7) is 8.33. The maximum Gasteiger partial charge on any atom is 0.148 e. The van der Waals surface area contributed by atoms with E-state index in [1.165, 1.54) is 16.9 Å². The molecule has 1 aromatic heterocycles. The topological polar surface area (TPSA) is 97.1 Å². The van der Waals surface area contributed by atoms with Crippen LogP contribution in [0.4, 0.5) is 0 Å². The highest BCUT2D eigenvalue weighted by atomic mass is 32.2. The van der Waals surface area contributed by atoms with Gasteiger partial charge in [0.2, 0.25) is 0 Å².